The van der Waals surface area contributed by atoms with Crippen LogP contribution in [0.15, 0.2) is 24.3 Å². The van der Waals surface area contributed by atoms with Gasteiger partial charge in [-0.15, -0.1) is 0 Å². The van der Waals surface area contributed by atoms with Crippen LogP contribution in [-0.4, -0.2) is 5.21 Å². The van der Waals surface area contributed by atoms with Crippen molar-refractivity contribution in [1.29, 1.82) is 0 Å². The molecule has 0 heterocycles. The monoisotopic (exact) mass is 325 g/mol. The van der Waals surface area contributed by atoms with E-state index in [1.807, 2.05) is 12.1 Å². The summed E-state index contributed by atoms with van der Waals surface area (Å²) in [7, 11) is 0. The molecule has 0 aliphatic carbocycles. The van der Waals surface area contributed by atoms with Gasteiger partial charge in [0.1, 0.15) is 0 Å². The SMILES string of the molecule is [O-]N(O)c1cc[c]([Hg+])cc1. The van der Waals surface area contributed by atoms with E-state index in [-0.39, 0.29) is 10.9 Å². The van der Waals surface area contributed by atoms with E-state index in [0.717, 1.165) is 0 Å². The van der Waals surface area contributed by atoms with Gasteiger partial charge in [-0.2, -0.15) is 0 Å². The molecule has 1 N–H and O–H groups in total. The molecule has 3 nitrogen and oxygen atoms in total. The molecule has 0 aliphatic rings. The van der Waals surface area contributed by atoms with Crippen LogP contribution in [-0.2, 0) is 26.1 Å². The standard InChI is InChI=1S/C6H5NO2.Hg/c8-7(9)6-4-2-1-3-5-6;/h2-5,8H;/q-1;+1. The maximum absolute atomic E-state index is 10.2. The van der Waals surface area contributed by atoms with Crippen LogP contribution >= 0.6 is 0 Å². The number of nitrogens with zero attached hydrogens (tertiary/aromatic N) is 1. The summed E-state index contributed by atoms with van der Waals surface area (Å²) in [5.74, 6) is 0. The molecule has 0 fully saturated rings. The Balaban J connectivity index is 2.89. The van der Waals surface area contributed by atoms with E-state index in [2.05, 4.69) is 0 Å². The Kier molecular flexibility index (Phi) is 2.65. The Bertz CT molecular complexity index is 209. The van der Waals surface area contributed by atoms with Crippen molar-refractivity contribution in [2.75, 3.05) is 5.23 Å². The van der Waals surface area contributed by atoms with E-state index in [0.29, 0.717) is 26.1 Å². The molecular formula is C6H5HgNO2. The normalized spacial score (nSPS) is 9.60. The molecule has 1 aromatic carbocycles. The molecule has 0 spiro atoms. The molecule has 0 aliphatic heterocycles. The predicted molar refractivity (Wildman–Crippen MR) is 33.7 cm³/mol. The molecule has 1 rings (SSSR count). The molecule has 0 saturated carbocycles. The molecule has 0 radical (unpaired) electrons. The van der Waals surface area contributed by atoms with Crippen molar-refractivity contribution in [3.8, 4) is 0 Å². The topological polar surface area (TPSA) is 46.5 Å². The molecule has 0 unspecified atom stereocenters. The molecule has 1 aromatic rings. The van der Waals surface area contributed by atoms with Crippen LogP contribution in [0.3, 0.4) is 0 Å². The van der Waals surface area contributed by atoms with Gasteiger partial charge >= 0.3 is 74.8 Å². The molecule has 10 heavy (non-hydrogen) atoms. The number of benzene rings is 1. The summed E-state index contributed by atoms with van der Waals surface area (Å²) in [5, 5.41) is 18.5. The first-order chi connectivity index (χ1) is 4.70. The van der Waals surface area contributed by atoms with Crippen LogP contribution in [0.1, 0.15) is 0 Å². The zero-order valence-electron chi connectivity index (χ0n) is 5.32. The second-order valence-electron chi connectivity index (χ2n) is 1.94. The first kappa shape index (κ1) is 7.98. The minimum absolute atomic E-state index is 0.132. The summed E-state index contributed by atoms with van der Waals surface area (Å²) in [5.41, 5.74) is 0.286. The summed E-state index contributed by atoms with van der Waals surface area (Å²) in [6, 6.07) is 6.91. The molecule has 48 valence electrons. The summed E-state index contributed by atoms with van der Waals surface area (Å²) >= 11 is 0.586. The van der Waals surface area contributed by atoms with Gasteiger partial charge in [0.05, 0.1) is 0 Å². The van der Waals surface area contributed by atoms with Crippen molar-refractivity contribution in [1.82, 2.24) is 0 Å². The average Bonchev–Trinajstić information content (AvgIpc) is 1.88. The Hall–Kier alpha value is -0.125. The quantitative estimate of drug-likeness (QED) is 0.606. The second kappa shape index (κ2) is 3.32. The van der Waals surface area contributed by atoms with Crippen molar-refractivity contribution in [2.45, 2.75) is 0 Å². The van der Waals surface area contributed by atoms with Crippen LogP contribution in [0.25, 0.3) is 0 Å². The molecule has 0 amide bonds. The molecule has 0 saturated heterocycles. The maximum atomic E-state index is 10.2. The minimum atomic E-state index is -0.132. The summed E-state index contributed by atoms with van der Waals surface area (Å²) in [6.07, 6.45) is 0. The van der Waals surface area contributed by atoms with Crippen LogP contribution in [0.2, 0.25) is 0 Å². The Morgan fingerprint density at radius 2 is 1.80 bits per heavy atom. The number of anilines is 1. The zero-order valence-corrected chi connectivity index (χ0v) is 10.8. The van der Waals surface area contributed by atoms with Gasteiger partial charge in [0.25, 0.3) is 0 Å². The van der Waals surface area contributed by atoms with Gasteiger partial charge in [-0.25, -0.2) is 0 Å². The fraction of sp³-hybridized carbons (Fsp3) is 0. The van der Waals surface area contributed by atoms with E-state index < -0.39 is 0 Å². The van der Waals surface area contributed by atoms with Gasteiger partial charge in [0.15, 0.2) is 0 Å². The molecule has 0 aromatic heterocycles. The van der Waals surface area contributed by atoms with Crippen molar-refractivity contribution in [2.24, 2.45) is 0 Å². The number of rotatable bonds is 1. The summed E-state index contributed by atoms with van der Waals surface area (Å²) in [4.78, 5) is 0. The van der Waals surface area contributed by atoms with Crippen LogP contribution in [0.4, 0.5) is 5.69 Å². The Labute approximate surface area is 74.8 Å². The van der Waals surface area contributed by atoms with Crippen molar-refractivity contribution in [3.63, 3.8) is 0 Å². The van der Waals surface area contributed by atoms with E-state index >= 15 is 0 Å². The van der Waals surface area contributed by atoms with Gasteiger partial charge in [0.2, 0.25) is 0 Å². The fourth-order valence-corrected chi connectivity index (χ4v) is 1.54. The van der Waals surface area contributed by atoms with E-state index in [4.69, 9.17) is 5.21 Å². The van der Waals surface area contributed by atoms with E-state index in [9.17, 15) is 5.21 Å². The third kappa shape index (κ3) is 1.93. The first-order valence-corrected chi connectivity index (χ1v) is 5.53. The van der Waals surface area contributed by atoms with Crippen LogP contribution < -0.4 is 8.30 Å². The van der Waals surface area contributed by atoms with Gasteiger partial charge in [-0.05, 0) is 0 Å². The van der Waals surface area contributed by atoms with Crippen LogP contribution in [0, 0.1) is 5.21 Å². The van der Waals surface area contributed by atoms with Gasteiger partial charge in [0, 0.05) is 0 Å². The zero-order chi connectivity index (χ0) is 7.56. The number of hydrogen-bond acceptors (Lipinski definition) is 3. The van der Waals surface area contributed by atoms with Crippen LogP contribution in [0.5, 0.6) is 0 Å². The fourth-order valence-electron chi connectivity index (χ4n) is 0.623. The third-order valence-corrected chi connectivity index (χ3v) is 2.99. The molecule has 4 heteroatoms. The van der Waals surface area contributed by atoms with Gasteiger partial charge < -0.3 is 0 Å². The van der Waals surface area contributed by atoms with Gasteiger partial charge in [-0.1, -0.05) is 0 Å². The van der Waals surface area contributed by atoms with Gasteiger partial charge in [-0.3, -0.25) is 0 Å². The van der Waals surface area contributed by atoms with E-state index in [1.54, 1.807) is 12.1 Å². The average molecular weight is 324 g/mol. The Morgan fingerprint density at radius 1 is 1.30 bits per heavy atom. The molecular weight excluding hydrogens is 319 g/mol. The van der Waals surface area contributed by atoms with Crippen molar-refractivity contribution >= 4 is 8.76 Å². The number of hydrogen-bond donors (Lipinski definition) is 1. The Morgan fingerprint density at radius 3 is 2.20 bits per heavy atom. The second-order valence-corrected chi connectivity index (χ2v) is 5.11. The predicted octanol–water partition coefficient (Wildman–Crippen LogP) is 0.552. The van der Waals surface area contributed by atoms with Crippen molar-refractivity contribution < 1.29 is 31.3 Å². The first-order valence-electron chi connectivity index (χ1n) is 2.78. The van der Waals surface area contributed by atoms with Crippen molar-refractivity contribution in [3.05, 3.63) is 29.5 Å². The molecule has 0 bridgehead atoms. The van der Waals surface area contributed by atoms with E-state index in [1.165, 1.54) is 3.07 Å². The summed E-state index contributed by atoms with van der Waals surface area (Å²) < 4.78 is 1.26. The molecule has 0 atom stereocenters. The third-order valence-electron chi connectivity index (χ3n) is 1.16. The summed E-state index contributed by atoms with van der Waals surface area (Å²) in [6.45, 7) is 0.